The first-order valence-corrected chi connectivity index (χ1v) is 6.21. The van der Waals surface area contributed by atoms with Gasteiger partial charge in [-0.15, -0.1) is 0 Å². The van der Waals surface area contributed by atoms with E-state index >= 15 is 0 Å². The van der Waals surface area contributed by atoms with E-state index in [2.05, 4.69) is 20.8 Å². The molecule has 0 aliphatic carbocycles. The predicted molar refractivity (Wildman–Crippen MR) is 58.3 cm³/mol. The van der Waals surface area contributed by atoms with Crippen LogP contribution in [0.5, 0.6) is 0 Å². The Labute approximate surface area is 83.3 Å². The van der Waals surface area contributed by atoms with E-state index in [1.165, 1.54) is 6.92 Å². The molecule has 0 spiro atoms. The van der Waals surface area contributed by atoms with Crippen molar-refractivity contribution in [3.63, 3.8) is 0 Å². The quantitative estimate of drug-likeness (QED) is 0.394. The largest absolute Gasteiger partial charge is 0.552 e. The maximum absolute atomic E-state index is 10.7. The molecule has 2 nitrogen and oxygen atoms in total. The van der Waals surface area contributed by atoms with Gasteiger partial charge in [0.25, 0.3) is 0 Å². The smallest absolute Gasteiger partial charge is 0.219 e. The molecule has 0 heterocycles. The number of hydrogen-bond donors (Lipinski definition) is 0. The molecule has 0 bridgehead atoms. The van der Waals surface area contributed by atoms with Gasteiger partial charge in [-0.2, -0.15) is 0 Å². The fourth-order valence-electron chi connectivity index (χ4n) is 0.846. The molecular formula is C10H20O2Si. The van der Waals surface area contributed by atoms with Crippen molar-refractivity contribution in [2.75, 3.05) is 0 Å². The first kappa shape index (κ1) is 12.4. The van der Waals surface area contributed by atoms with E-state index in [9.17, 15) is 4.79 Å². The van der Waals surface area contributed by atoms with Gasteiger partial charge in [-0.3, -0.25) is 4.79 Å². The summed E-state index contributed by atoms with van der Waals surface area (Å²) in [5.41, 5.74) is 0.350. The Morgan fingerprint density at radius 3 is 2.31 bits per heavy atom. The summed E-state index contributed by atoms with van der Waals surface area (Å²) in [5.74, 6) is 0.825. The molecule has 0 radical (unpaired) electrons. The summed E-state index contributed by atoms with van der Waals surface area (Å²) < 4.78 is 5.51. The average molecular weight is 200 g/mol. The highest BCUT2D eigenvalue weighted by Crippen LogP contribution is 2.18. The van der Waals surface area contributed by atoms with Crippen LogP contribution in [0.25, 0.3) is 0 Å². The molecule has 0 rings (SSSR count). The maximum atomic E-state index is 10.7. The van der Waals surface area contributed by atoms with Crippen LogP contribution in [0.3, 0.4) is 0 Å². The van der Waals surface area contributed by atoms with Crippen LogP contribution in [0.15, 0.2) is 11.8 Å². The highest BCUT2D eigenvalue weighted by Gasteiger charge is 2.10. The highest BCUT2D eigenvalue weighted by molar-refractivity contribution is 6.27. The second kappa shape index (κ2) is 5.22. The number of carbonyl (C=O) groups excluding carboxylic acids is 1. The van der Waals surface area contributed by atoms with Crippen LogP contribution < -0.4 is 0 Å². The molecule has 0 saturated heterocycles. The standard InChI is InChI=1S/C10H20O2Si/c1-8(11)6-9(2)12-13-7-10(3,4)5/h6H,7,13H2,1-5H3/b9-6-. The minimum Gasteiger partial charge on any atom is -0.552 e. The number of rotatable bonds is 4. The molecule has 0 aromatic carbocycles. The van der Waals surface area contributed by atoms with Gasteiger partial charge in [0.1, 0.15) is 0 Å². The summed E-state index contributed by atoms with van der Waals surface area (Å²) in [6, 6.07) is 1.14. The van der Waals surface area contributed by atoms with E-state index < -0.39 is 9.76 Å². The molecular weight excluding hydrogens is 180 g/mol. The van der Waals surface area contributed by atoms with E-state index in [0.29, 0.717) is 5.41 Å². The molecule has 13 heavy (non-hydrogen) atoms. The fourth-order valence-corrected chi connectivity index (χ4v) is 1.97. The third-order valence-electron chi connectivity index (χ3n) is 1.59. The van der Waals surface area contributed by atoms with Crippen LogP contribution in [0, 0.1) is 5.41 Å². The second-order valence-electron chi connectivity index (χ2n) is 4.52. The van der Waals surface area contributed by atoms with Crippen LogP contribution >= 0.6 is 0 Å². The Morgan fingerprint density at radius 2 is 1.92 bits per heavy atom. The first-order chi connectivity index (χ1) is 5.81. The van der Waals surface area contributed by atoms with Gasteiger partial charge < -0.3 is 4.43 Å². The molecule has 0 fully saturated rings. The maximum Gasteiger partial charge on any atom is 0.219 e. The van der Waals surface area contributed by atoms with E-state index in [1.54, 1.807) is 6.08 Å². The van der Waals surface area contributed by atoms with E-state index in [0.717, 1.165) is 11.8 Å². The lowest BCUT2D eigenvalue weighted by Crippen LogP contribution is -2.10. The zero-order valence-corrected chi connectivity index (χ0v) is 10.7. The van der Waals surface area contributed by atoms with Crippen LogP contribution in [-0.2, 0) is 9.22 Å². The monoisotopic (exact) mass is 200 g/mol. The van der Waals surface area contributed by atoms with E-state index in [1.807, 2.05) is 6.92 Å². The SMILES string of the molecule is CC(=O)/C=C(/C)O[SiH2]CC(C)(C)C. The summed E-state index contributed by atoms with van der Waals surface area (Å²) in [6.07, 6.45) is 1.55. The van der Waals surface area contributed by atoms with Crippen molar-refractivity contribution in [1.29, 1.82) is 0 Å². The van der Waals surface area contributed by atoms with Gasteiger partial charge in [0.2, 0.25) is 9.76 Å². The summed E-state index contributed by atoms with van der Waals surface area (Å²) >= 11 is 0. The Kier molecular flexibility index (Phi) is 4.99. The van der Waals surface area contributed by atoms with Crippen molar-refractivity contribution in [3.05, 3.63) is 11.8 Å². The lowest BCUT2D eigenvalue weighted by atomic mass is 10.0. The molecule has 0 aliphatic heterocycles. The van der Waals surface area contributed by atoms with Crippen LogP contribution in [0.4, 0.5) is 0 Å². The summed E-state index contributed by atoms with van der Waals surface area (Å²) in [7, 11) is -0.504. The fraction of sp³-hybridized carbons (Fsp3) is 0.700. The Morgan fingerprint density at radius 1 is 1.38 bits per heavy atom. The minimum absolute atomic E-state index is 0.0576. The molecule has 0 aliphatic rings. The van der Waals surface area contributed by atoms with Crippen molar-refractivity contribution in [1.82, 2.24) is 0 Å². The minimum atomic E-state index is -0.504. The summed E-state index contributed by atoms with van der Waals surface area (Å²) in [4.78, 5) is 10.7. The zero-order chi connectivity index (χ0) is 10.5. The van der Waals surface area contributed by atoms with Crippen molar-refractivity contribution in [2.45, 2.75) is 40.7 Å². The molecule has 0 amide bonds. The lowest BCUT2D eigenvalue weighted by Gasteiger charge is -2.17. The molecule has 76 valence electrons. The molecule has 0 aromatic rings. The molecule has 0 unspecified atom stereocenters. The third kappa shape index (κ3) is 9.34. The molecule has 0 N–H and O–H groups in total. The van der Waals surface area contributed by atoms with Gasteiger partial charge in [0.05, 0.1) is 5.76 Å². The number of carbonyl (C=O) groups is 1. The van der Waals surface area contributed by atoms with Crippen molar-refractivity contribution >= 4 is 15.5 Å². The molecule has 0 aromatic heterocycles. The van der Waals surface area contributed by atoms with Crippen molar-refractivity contribution in [3.8, 4) is 0 Å². The van der Waals surface area contributed by atoms with Gasteiger partial charge in [-0.05, 0) is 25.3 Å². The van der Waals surface area contributed by atoms with Crippen LogP contribution in [0.2, 0.25) is 6.04 Å². The number of allylic oxidation sites excluding steroid dienone is 2. The highest BCUT2D eigenvalue weighted by atomic mass is 28.2. The second-order valence-corrected chi connectivity index (χ2v) is 5.72. The van der Waals surface area contributed by atoms with E-state index in [-0.39, 0.29) is 5.78 Å². The van der Waals surface area contributed by atoms with Crippen molar-refractivity contribution in [2.24, 2.45) is 5.41 Å². The van der Waals surface area contributed by atoms with Gasteiger partial charge in [0.15, 0.2) is 5.78 Å². The zero-order valence-electron chi connectivity index (χ0n) is 9.31. The van der Waals surface area contributed by atoms with Gasteiger partial charge in [-0.1, -0.05) is 20.8 Å². The van der Waals surface area contributed by atoms with Crippen LogP contribution in [0.1, 0.15) is 34.6 Å². The van der Waals surface area contributed by atoms with Crippen molar-refractivity contribution < 1.29 is 9.22 Å². The van der Waals surface area contributed by atoms with E-state index in [4.69, 9.17) is 4.43 Å². The Balaban J connectivity index is 3.72. The van der Waals surface area contributed by atoms with Crippen LogP contribution in [-0.4, -0.2) is 15.5 Å². The summed E-state index contributed by atoms with van der Waals surface area (Å²) in [5, 5.41) is 0. The predicted octanol–water partition coefficient (Wildman–Crippen LogP) is 2.04. The molecule has 0 saturated carbocycles. The number of hydrogen-bond acceptors (Lipinski definition) is 2. The van der Waals surface area contributed by atoms with Gasteiger partial charge in [0, 0.05) is 6.08 Å². The lowest BCUT2D eigenvalue weighted by molar-refractivity contribution is -0.112. The third-order valence-corrected chi connectivity index (χ3v) is 3.95. The normalized spacial score (nSPS) is 13.8. The molecule has 0 atom stereocenters. The first-order valence-electron chi connectivity index (χ1n) is 4.63. The van der Waals surface area contributed by atoms with Gasteiger partial charge >= 0.3 is 0 Å². The molecule has 3 heteroatoms. The Bertz CT molecular complexity index is 201. The average Bonchev–Trinajstić information content (AvgIpc) is 1.81. The topological polar surface area (TPSA) is 26.3 Å². The summed E-state index contributed by atoms with van der Waals surface area (Å²) in [6.45, 7) is 9.99. The Hall–Kier alpha value is -0.573. The van der Waals surface area contributed by atoms with Gasteiger partial charge in [-0.25, -0.2) is 0 Å². The number of ketones is 1.